The van der Waals surface area contributed by atoms with Gasteiger partial charge in [-0.2, -0.15) is 13.2 Å². The van der Waals surface area contributed by atoms with Crippen molar-refractivity contribution in [3.05, 3.63) is 70.2 Å². The van der Waals surface area contributed by atoms with Gasteiger partial charge >= 0.3 is 12.1 Å². The molecular weight excluding hydrogens is 455 g/mol. The lowest BCUT2D eigenvalue weighted by Gasteiger charge is -2.08. The normalized spacial score (nSPS) is 11.7. The summed E-state index contributed by atoms with van der Waals surface area (Å²) in [5, 5.41) is 6.92. The number of hydrogen-bond acceptors (Lipinski definition) is 6. The van der Waals surface area contributed by atoms with E-state index in [0.717, 1.165) is 33.3 Å². The number of aryl methyl sites for hydroxylation is 1. The van der Waals surface area contributed by atoms with Gasteiger partial charge in [0.05, 0.1) is 18.6 Å². The number of thiophene rings is 1. The van der Waals surface area contributed by atoms with Crippen LogP contribution < -0.4 is 4.74 Å². The molecule has 0 amide bonds. The number of halogens is 3. The van der Waals surface area contributed by atoms with E-state index in [2.05, 4.69) is 5.16 Å². The predicted octanol–water partition coefficient (Wildman–Crippen LogP) is 6.57. The highest BCUT2D eigenvalue weighted by atomic mass is 32.1. The van der Waals surface area contributed by atoms with E-state index in [1.807, 2.05) is 24.4 Å². The van der Waals surface area contributed by atoms with Crippen molar-refractivity contribution < 1.29 is 32.0 Å². The van der Waals surface area contributed by atoms with Crippen molar-refractivity contribution in [3.63, 3.8) is 0 Å². The van der Waals surface area contributed by atoms with Crippen LogP contribution in [0.2, 0.25) is 0 Å². The zero-order chi connectivity index (χ0) is 23.6. The monoisotopic (exact) mass is 475 g/mol. The van der Waals surface area contributed by atoms with Crippen LogP contribution in [0.15, 0.2) is 52.4 Å². The summed E-state index contributed by atoms with van der Waals surface area (Å²) in [4.78, 5) is 11.8. The molecule has 0 saturated heterocycles. The first kappa shape index (κ1) is 22.8. The van der Waals surface area contributed by atoms with Gasteiger partial charge in [0.15, 0.2) is 5.76 Å². The van der Waals surface area contributed by atoms with Gasteiger partial charge in [-0.25, -0.2) is 0 Å². The van der Waals surface area contributed by atoms with Crippen LogP contribution >= 0.6 is 11.3 Å². The average Bonchev–Trinajstić information content (AvgIpc) is 3.39. The van der Waals surface area contributed by atoms with Crippen LogP contribution in [0.5, 0.6) is 5.75 Å². The molecule has 9 heteroatoms. The maximum Gasteiger partial charge on any atom is 0.416 e. The highest BCUT2D eigenvalue weighted by molar-refractivity contribution is 7.17. The van der Waals surface area contributed by atoms with Gasteiger partial charge in [-0.15, -0.1) is 11.3 Å². The van der Waals surface area contributed by atoms with E-state index in [-0.39, 0.29) is 19.0 Å². The summed E-state index contributed by atoms with van der Waals surface area (Å²) in [5.74, 6) is 0.742. The molecule has 0 fully saturated rings. The summed E-state index contributed by atoms with van der Waals surface area (Å²) in [5.41, 5.74) is 2.19. The van der Waals surface area contributed by atoms with Crippen LogP contribution in [-0.4, -0.2) is 17.7 Å². The second-order valence-corrected chi connectivity index (χ2v) is 8.31. The molecule has 5 nitrogen and oxygen atoms in total. The van der Waals surface area contributed by atoms with Crippen LogP contribution in [0.1, 0.15) is 29.3 Å². The number of benzene rings is 2. The minimum Gasteiger partial charge on any atom is -0.487 e. The molecule has 2 heterocycles. The Morgan fingerprint density at radius 2 is 1.91 bits per heavy atom. The molecule has 0 aliphatic rings. The van der Waals surface area contributed by atoms with Crippen LogP contribution in [0, 0.1) is 6.92 Å². The first-order chi connectivity index (χ1) is 15.7. The van der Waals surface area contributed by atoms with Crippen molar-refractivity contribution in [2.24, 2.45) is 0 Å². The molecule has 2 aromatic heterocycles. The minimum absolute atomic E-state index is 0.135. The van der Waals surface area contributed by atoms with Crippen molar-refractivity contribution >= 4 is 27.4 Å². The number of ether oxygens (including phenoxy) is 2. The van der Waals surface area contributed by atoms with Crippen LogP contribution in [0.25, 0.3) is 21.4 Å². The van der Waals surface area contributed by atoms with Crippen molar-refractivity contribution in [3.8, 4) is 17.1 Å². The molecule has 4 rings (SSSR count). The third kappa shape index (κ3) is 5.19. The van der Waals surface area contributed by atoms with Crippen molar-refractivity contribution in [2.45, 2.75) is 33.1 Å². The van der Waals surface area contributed by atoms with Gasteiger partial charge in [0.25, 0.3) is 0 Å². The predicted molar refractivity (Wildman–Crippen MR) is 118 cm³/mol. The largest absolute Gasteiger partial charge is 0.487 e. The maximum absolute atomic E-state index is 12.7. The number of nitrogens with zero attached hydrogens (tertiary/aromatic N) is 1. The summed E-state index contributed by atoms with van der Waals surface area (Å²) in [6, 6.07) is 10.1. The lowest BCUT2D eigenvalue weighted by atomic mass is 10.1. The number of fused-ring (bicyclic) bond motifs is 1. The number of carbonyl (C=O) groups excluding carboxylic acids is 1. The summed E-state index contributed by atoms with van der Waals surface area (Å²) >= 11 is 1.53. The lowest BCUT2D eigenvalue weighted by Crippen LogP contribution is -2.07. The molecule has 0 spiro atoms. The number of hydrogen-bond donors (Lipinski definition) is 0. The van der Waals surface area contributed by atoms with E-state index in [1.54, 1.807) is 13.0 Å². The Balaban J connectivity index is 1.45. The molecule has 172 valence electrons. The quantitative estimate of drug-likeness (QED) is 0.283. The Morgan fingerprint density at radius 3 is 2.61 bits per heavy atom. The van der Waals surface area contributed by atoms with E-state index < -0.39 is 11.7 Å². The van der Waals surface area contributed by atoms with E-state index in [9.17, 15) is 18.0 Å². The Labute approximate surface area is 191 Å². The molecule has 0 N–H and O–H groups in total. The van der Waals surface area contributed by atoms with Crippen LogP contribution in [0.4, 0.5) is 13.2 Å². The highest BCUT2D eigenvalue weighted by Gasteiger charge is 2.30. The summed E-state index contributed by atoms with van der Waals surface area (Å²) < 4.78 is 55.4. The van der Waals surface area contributed by atoms with Gasteiger partial charge in [-0.05, 0) is 60.0 Å². The number of carbonyl (C=O) groups is 1. The van der Waals surface area contributed by atoms with Crippen molar-refractivity contribution in [1.82, 2.24) is 5.16 Å². The van der Waals surface area contributed by atoms with Crippen LogP contribution in [0.3, 0.4) is 0 Å². The van der Waals surface area contributed by atoms with E-state index in [4.69, 9.17) is 14.0 Å². The summed E-state index contributed by atoms with van der Waals surface area (Å²) in [6.45, 7) is 4.21. The lowest BCUT2D eigenvalue weighted by molar-refractivity contribution is -0.142. The Bertz CT molecular complexity index is 1280. The summed E-state index contributed by atoms with van der Waals surface area (Å²) in [7, 11) is 0. The van der Waals surface area contributed by atoms with Gasteiger partial charge < -0.3 is 14.0 Å². The standard InChI is InChI=1S/C24H20F3NO4S/c1-3-30-22(29)9-16-13-33-21-11-19(8-14(2)23(16)21)31-12-18-10-20(32-28-18)15-4-6-17(7-5-15)24(25,26)27/h4-8,10-11,13H,3,9,12H2,1-2H3. The van der Waals surface area contributed by atoms with E-state index in [0.29, 0.717) is 29.4 Å². The van der Waals surface area contributed by atoms with Crippen LogP contribution in [-0.2, 0) is 28.7 Å². The third-order valence-corrected chi connectivity index (χ3v) is 5.98. The van der Waals surface area contributed by atoms with Gasteiger partial charge in [0.2, 0.25) is 0 Å². The SMILES string of the molecule is CCOC(=O)Cc1csc2cc(OCc3cc(-c4ccc(C(F)(F)F)cc4)on3)cc(C)c12. The zero-order valence-electron chi connectivity index (χ0n) is 17.9. The molecule has 0 aliphatic carbocycles. The molecule has 0 unspecified atom stereocenters. The molecule has 0 bridgehead atoms. The second kappa shape index (κ2) is 9.27. The topological polar surface area (TPSA) is 61.6 Å². The first-order valence-electron chi connectivity index (χ1n) is 10.2. The highest BCUT2D eigenvalue weighted by Crippen LogP contribution is 2.34. The van der Waals surface area contributed by atoms with Crippen molar-refractivity contribution in [2.75, 3.05) is 6.61 Å². The number of esters is 1. The molecule has 0 atom stereocenters. The second-order valence-electron chi connectivity index (χ2n) is 7.40. The molecule has 2 aromatic carbocycles. The fourth-order valence-electron chi connectivity index (χ4n) is 3.50. The molecule has 0 saturated carbocycles. The Kier molecular flexibility index (Phi) is 6.42. The summed E-state index contributed by atoms with van der Waals surface area (Å²) in [6.07, 6.45) is -4.17. The maximum atomic E-state index is 12.7. The van der Waals surface area contributed by atoms with Gasteiger partial charge in [0, 0.05) is 16.3 Å². The average molecular weight is 475 g/mol. The molecule has 4 aromatic rings. The third-order valence-electron chi connectivity index (χ3n) is 5.00. The number of alkyl halides is 3. The fourth-order valence-corrected chi connectivity index (χ4v) is 4.56. The number of rotatable bonds is 7. The van der Waals surface area contributed by atoms with Gasteiger partial charge in [-0.3, -0.25) is 4.79 Å². The number of aromatic nitrogens is 1. The molecule has 0 radical (unpaired) electrons. The van der Waals surface area contributed by atoms with Gasteiger partial charge in [0.1, 0.15) is 18.1 Å². The smallest absolute Gasteiger partial charge is 0.416 e. The van der Waals surface area contributed by atoms with E-state index >= 15 is 0 Å². The first-order valence-corrected chi connectivity index (χ1v) is 11.0. The Hall–Kier alpha value is -3.33. The molecule has 0 aliphatic heterocycles. The van der Waals surface area contributed by atoms with Gasteiger partial charge in [-0.1, -0.05) is 17.3 Å². The zero-order valence-corrected chi connectivity index (χ0v) is 18.7. The van der Waals surface area contributed by atoms with E-state index in [1.165, 1.54) is 23.5 Å². The minimum atomic E-state index is -4.39. The van der Waals surface area contributed by atoms with Crippen molar-refractivity contribution in [1.29, 1.82) is 0 Å². The molecular formula is C24H20F3NO4S. The fraction of sp³-hybridized carbons (Fsp3) is 0.250. The molecule has 33 heavy (non-hydrogen) atoms. The Morgan fingerprint density at radius 1 is 1.15 bits per heavy atom.